The molecule has 0 amide bonds. The van der Waals surface area contributed by atoms with E-state index in [0.29, 0.717) is 0 Å². The van der Waals surface area contributed by atoms with Crippen LogP contribution in [0.2, 0.25) is 0 Å². The third-order valence-electron chi connectivity index (χ3n) is 2.96. The number of aromatic nitrogens is 2. The molecular weight excluding hydrogens is 230 g/mol. The first-order chi connectivity index (χ1) is 8.24. The zero-order valence-corrected chi connectivity index (χ0v) is 11.4. The van der Waals surface area contributed by atoms with Crippen LogP contribution < -0.4 is 5.32 Å². The summed E-state index contributed by atoms with van der Waals surface area (Å²) < 4.78 is 2.09. The zero-order chi connectivity index (χ0) is 12.3. The van der Waals surface area contributed by atoms with Crippen molar-refractivity contribution in [3.63, 3.8) is 0 Å². The van der Waals surface area contributed by atoms with Crippen molar-refractivity contribution in [1.29, 1.82) is 0 Å². The minimum Gasteiger partial charge on any atom is -0.336 e. The van der Waals surface area contributed by atoms with Crippen molar-refractivity contribution in [1.82, 2.24) is 14.9 Å². The molecule has 0 aromatic carbocycles. The molecule has 1 N–H and O–H groups in total. The molecule has 1 atom stereocenters. The normalized spacial score (nSPS) is 12.9. The van der Waals surface area contributed by atoms with E-state index in [4.69, 9.17) is 0 Å². The van der Waals surface area contributed by atoms with Crippen LogP contribution in [-0.4, -0.2) is 16.1 Å². The largest absolute Gasteiger partial charge is 0.336 e. The Morgan fingerprint density at radius 3 is 2.88 bits per heavy atom. The molecule has 3 nitrogen and oxygen atoms in total. The number of hydrogen-bond acceptors (Lipinski definition) is 3. The molecule has 1 unspecified atom stereocenters. The fourth-order valence-electron chi connectivity index (χ4n) is 2.00. The monoisotopic (exact) mass is 249 g/mol. The number of nitrogens with one attached hydrogen (secondary N) is 1. The van der Waals surface area contributed by atoms with Gasteiger partial charge in [0.2, 0.25) is 0 Å². The Morgan fingerprint density at radius 2 is 2.35 bits per heavy atom. The molecule has 2 aromatic rings. The van der Waals surface area contributed by atoms with Crippen LogP contribution >= 0.6 is 11.3 Å². The molecule has 0 aliphatic heterocycles. The molecule has 4 heteroatoms. The lowest BCUT2D eigenvalue weighted by atomic mass is 10.1. The fraction of sp³-hybridized carbons (Fsp3) is 0.462. The van der Waals surface area contributed by atoms with E-state index in [2.05, 4.69) is 40.2 Å². The number of imidazole rings is 1. The van der Waals surface area contributed by atoms with Gasteiger partial charge >= 0.3 is 0 Å². The fourth-order valence-corrected chi connectivity index (χ4v) is 2.74. The second kappa shape index (κ2) is 5.47. The summed E-state index contributed by atoms with van der Waals surface area (Å²) in [6, 6.07) is 2.47. The molecule has 0 fully saturated rings. The van der Waals surface area contributed by atoms with Gasteiger partial charge < -0.3 is 9.88 Å². The van der Waals surface area contributed by atoms with E-state index in [1.165, 1.54) is 16.1 Å². The molecular formula is C13H19N3S. The zero-order valence-electron chi connectivity index (χ0n) is 10.6. The molecule has 0 radical (unpaired) electrons. The van der Waals surface area contributed by atoms with Crippen molar-refractivity contribution in [3.05, 3.63) is 40.1 Å². The SMILES string of the molecule is CCCNC(c1ccsc1C)c1cncn1C. The third kappa shape index (κ3) is 2.58. The first kappa shape index (κ1) is 12.3. The van der Waals surface area contributed by atoms with Gasteiger partial charge in [-0.15, -0.1) is 11.3 Å². The van der Waals surface area contributed by atoms with Gasteiger partial charge in [0.1, 0.15) is 0 Å². The first-order valence-corrected chi connectivity index (χ1v) is 6.85. The Balaban J connectivity index is 2.32. The van der Waals surface area contributed by atoms with E-state index in [0.717, 1.165) is 13.0 Å². The topological polar surface area (TPSA) is 29.9 Å². The quantitative estimate of drug-likeness (QED) is 0.883. The van der Waals surface area contributed by atoms with Crippen molar-refractivity contribution >= 4 is 11.3 Å². The summed E-state index contributed by atoms with van der Waals surface area (Å²) in [5.74, 6) is 0. The molecule has 0 saturated heterocycles. The third-order valence-corrected chi connectivity index (χ3v) is 3.82. The van der Waals surface area contributed by atoms with Crippen LogP contribution in [0.3, 0.4) is 0 Å². The maximum absolute atomic E-state index is 4.22. The highest BCUT2D eigenvalue weighted by molar-refractivity contribution is 7.10. The number of thiophene rings is 1. The number of hydrogen-bond donors (Lipinski definition) is 1. The Hall–Kier alpha value is -1.13. The van der Waals surface area contributed by atoms with Gasteiger partial charge in [-0.2, -0.15) is 0 Å². The van der Waals surface area contributed by atoms with Crippen molar-refractivity contribution < 1.29 is 0 Å². The van der Waals surface area contributed by atoms with Gasteiger partial charge in [0.15, 0.2) is 0 Å². The Morgan fingerprint density at radius 1 is 1.53 bits per heavy atom. The van der Waals surface area contributed by atoms with E-state index < -0.39 is 0 Å². The maximum atomic E-state index is 4.22. The lowest BCUT2D eigenvalue weighted by molar-refractivity contribution is 0.569. The molecule has 17 heavy (non-hydrogen) atoms. The average Bonchev–Trinajstić information content (AvgIpc) is 2.90. The summed E-state index contributed by atoms with van der Waals surface area (Å²) in [5.41, 5.74) is 2.59. The number of aryl methyl sites for hydroxylation is 2. The summed E-state index contributed by atoms with van der Waals surface area (Å²) in [7, 11) is 2.05. The van der Waals surface area contributed by atoms with Crippen LogP contribution in [0.1, 0.15) is 35.5 Å². The van der Waals surface area contributed by atoms with Crippen LogP contribution in [0.4, 0.5) is 0 Å². The minimum atomic E-state index is 0.258. The van der Waals surface area contributed by atoms with Crippen molar-refractivity contribution in [2.24, 2.45) is 7.05 Å². The van der Waals surface area contributed by atoms with E-state index in [1.807, 2.05) is 19.6 Å². The lowest BCUT2D eigenvalue weighted by Crippen LogP contribution is -2.25. The van der Waals surface area contributed by atoms with Crippen LogP contribution in [0, 0.1) is 6.92 Å². The number of nitrogens with zero attached hydrogens (tertiary/aromatic N) is 2. The predicted octanol–water partition coefficient (Wildman–Crippen LogP) is 2.88. The highest BCUT2D eigenvalue weighted by atomic mass is 32.1. The van der Waals surface area contributed by atoms with Crippen LogP contribution in [0.5, 0.6) is 0 Å². The maximum Gasteiger partial charge on any atom is 0.0946 e. The standard InChI is InChI=1S/C13H19N3S/c1-4-6-15-13(11-5-7-17-10(11)2)12-8-14-9-16(12)3/h5,7-9,13,15H,4,6H2,1-3H3. The first-order valence-electron chi connectivity index (χ1n) is 5.97. The van der Waals surface area contributed by atoms with Crippen LogP contribution in [0.25, 0.3) is 0 Å². The molecule has 2 rings (SSSR count). The molecule has 0 saturated carbocycles. The predicted molar refractivity (Wildman–Crippen MR) is 72.4 cm³/mol. The summed E-state index contributed by atoms with van der Waals surface area (Å²) >= 11 is 1.80. The highest BCUT2D eigenvalue weighted by Crippen LogP contribution is 2.27. The van der Waals surface area contributed by atoms with Crippen molar-refractivity contribution in [2.45, 2.75) is 26.3 Å². The van der Waals surface area contributed by atoms with Gasteiger partial charge in [0.25, 0.3) is 0 Å². The van der Waals surface area contributed by atoms with E-state index >= 15 is 0 Å². The summed E-state index contributed by atoms with van der Waals surface area (Å²) in [6.45, 7) is 5.38. The van der Waals surface area contributed by atoms with E-state index in [-0.39, 0.29) is 6.04 Å². The lowest BCUT2D eigenvalue weighted by Gasteiger charge is -2.19. The van der Waals surface area contributed by atoms with Gasteiger partial charge in [0.05, 0.1) is 24.3 Å². The average molecular weight is 249 g/mol. The van der Waals surface area contributed by atoms with Gasteiger partial charge in [-0.05, 0) is 36.9 Å². The van der Waals surface area contributed by atoms with Gasteiger partial charge in [-0.3, -0.25) is 0 Å². The second-order valence-electron chi connectivity index (χ2n) is 4.25. The molecule has 2 heterocycles. The van der Waals surface area contributed by atoms with Crippen LogP contribution in [0.15, 0.2) is 24.0 Å². The van der Waals surface area contributed by atoms with E-state index in [1.54, 1.807) is 11.3 Å². The molecule has 92 valence electrons. The summed E-state index contributed by atoms with van der Waals surface area (Å²) in [5, 5.41) is 5.76. The van der Waals surface area contributed by atoms with Crippen LogP contribution in [-0.2, 0) is 7.05 Å². The molecule has 0 aliphatic carbocycles. The Labute approximate surface area is 107 Å². The van der Waals surface area contributed by atoms with E-state index in [9.17, 15) is 0 Å². The summed E-state index contributed by atoms with van der Waals surface area (Å²) in [4.78, 5) is 5.59. The smallest absolute Gasteiger partial charge is 0.0946 e. The van der Waals surface area contributed by atoms with Crippen molar-refractivity contribution in [2.75, 3.05) is 6.54 Å². The number of rotatable bonds is 5. The second-order valence-corrected chi connectivity index (χ2v) is 5.37. The molecule has 0 spiro atoms. The summed E-state index contributed by atoms with van der Waals surface area (Å²) in [6.07, 6.45) is 4.94. The van der Waals surface area contributed by atoms with Gasteiger partial charge in [-0.1, -0.05) is 6.92 Å². The highest BCUT2D eigenvalue weighted by Gasteiger charge is 2.18. The van der Waals surface area contributed by atoms with Crippen molar-refractivity contribution in [3.8, 4) is 0 Å². The molecule has 0 aliphatic rings. The Kier molecular flexibility index (Phi) is 3.97. The minimum absolute atomic E-state index is 0.258. The van der Waals surface area contributed by atoms with Gasteiger partial charge in [-0.25, -0.2) is 4.98 Å². The Bertz CT molecular complexity index is 432. The molecule has 2 aromatic heterocycles. The van der Waals surface area contributed by atoms with Gasteiger partial charge in [0, 0.05) is 11.9 Å². The molecule has 0 bridgehead atoms.